The molecule has 1 N–H and O–H groups in total. The van der Waals surface area contributed by atoms with E-state index in [1.165, 1.54) is 0 Å². The predicted octanol–water partition coefficient (Wildman–Crippen LogP) is 6.79. The first-order valence-electron chi connectivity index (χ1n) is 14.7. The van der Waals surface area contributed by atoms with Crippen molar-refractivity contribution in [2.45, 2.75) is 51.6 Å². The molecule has 0 aromatic heterocycles. The molecule has 7 heteroatoms. The average molecular weight is 582 g/mol. The highest BCUT2D eigenvalue weighted by Gasteiger charge is 2.32. The van der Waals surface area contributed by atoms with Crippen LogP contribution in [0.2, 0.25) is 5.02 Å². The zero-order valence-electron chi connectivity index (χ0n) is 23.9. The first kappa shape index (κ1) is 29.3. The van der Waals surface area contributed by atoms with Crippen LogP contribution in [-0.4, -0.2) is 41.8 Å². The molecule has 0 saturated carbocycles. The molecule has 0 saturated heterocycles. The van der Waals surface area contributed by atoms with Crippen LogP contribution in [0.25, 0.3) is 10.8 Å². The molecule has 3 amide bonds. The predicted molar refractivity (Wildman–Crippen MR) is 169 cm³/mol. The minimum atomic E-state index is -0.682. The van der Waals surface area contributed by atoms with Gasteiger partial charge in [-0.2, -0.15) is 0 Å². The van der Waals surface area contributed by atoms with Gasteiger partial charge in [-0.25, -0.2) is 0 Å². The number of anilines is 1. The lowest BCUT2D eigenvalue weighted by molar-refractivity contribution is -0.141. The van der Waals surface area contributed by atoms with Crippen molar-refractivity contribution in [2.75, 3.05) is 18.0 Å². The van der Waals surface area contributed by atoms with Gasteiger partial charge in [0.05, 0.1) is 5.69 Å². The molecular weight excluding hydrogens is 546 g/mol. The molecule has 0 aliphatic carbocycles. The minimum Gasteiger partial charge on any atom is -0.354 e. The highest BCUT2D eigenvalue weighted by atomic mass is 35.5. The smallest absolute Gasteiger partial charge is 0.258 e. The van der Waals surface area contributed by atoms with Gasteiger partial charge in [0.2, 0.25) is 11.8 Å². The molecule has 216 valence electrons. The van der Waals surface area contributed by atoms with Gasteiger partial charge in [-0.05, 0) is 53.6 Å². The molecule has 0 bridgehead atoms. The maximum atomic E-state index is 14.0. The second-order valence-electron chi connectivity index (χ2n) is 10.7. The lowest BCUT2D eigenvalue weighted by atomic mass is 10.0. The van der Waals surface area contributed by atoms with Crippen LogP contribution in [0.15, 0.2) is 91.0 Å². The molecule has 1 unspecified atom stereocenters. The number of unbranched alkanes of at least 4 members (excludes halogenated alkanes) is 1. The Kier molecular flexibility index (Phi) is 9.55. The van der Waals surface area contributed by atoms with E-state index in [9.17, 15) is 14.4 Å². The number of benzene rings is 4. The number of hydrogen-bond acceptors (Lipinski definition) is 3. The molecule has 1 aliphatic heterocycles. The van der Waals surface area contributed by atoms with Crippen LogP contribution >= 0.6 is 11.6 Å². The largest absolute Gasteiger partial charge is 0.354 e. The van der Waals surface area contributed by atoms with Gasteiger partial charge in [-0.3, -0.25) is 14.4 Å². The molecule has 0 radical (unpaired) electrons. The Bertz CT molecular complexity index is 1550. The van der Waals surface area contributed by atoms with E-state index in [1.807, 2.05) is 78.9 Å². The van der Waals surface area contributed by atoms with Gasteiger partial charge in [0.25, 0.3) is 5.91 Å². The van der Waals surface area contributed by atoms with E-state index in [4.69, 9.17) is 11.6 Å². The molecule has 1 atom stereocenters. The highest BCUT2D eigenvalue weighted by Crippen LogP contribution is 2.37. The number of nitrogens with zero attached hydrogens (tertiary/aromatic N) is 2. The molecule has 4 aromatic rings. The van der Waals surface area contributed by atoms with Crippen molar-refractivity contribution in [3.05, 3.63) is 113 Å². The third kappa shape index (κ3) is 6.66. The second-order valence-corrected chi connectivity index (χ2v) is 11.2. The number of rotatable bonds is 13. The van der Waals surface area contributed by atoms with E-state index in [-0.39, 0.29) is 30.7 Å². The molecule has 4 aromatic carbocycles. The number of nitrogens with one attached hydrogen (secondary N) is 1. The van der Waals surface area contributed by atoms with Crippen LogP contribution < -0.4 is 10.2 Å². The van der Waals surface area contributed by atoms with Crippen molar-refractivity contribution in [2.24, 2.45) is 0 Å². The van der Waals surface area contributed by atoms with E-state index in [0.717, 1.165) is 40.4 Å². The monoisotopic (exact) mass is 581 g/mol. The fourth-order valence-electron chi connectivity index (χ4n) is 5.58. The molecule has 1 aliphatic rings. The zero-order valence-corrected chi connectivity index (χ0v) is 24.6. The molecule has 42 heavy (non-hydrogen) atoms. The number of amides is 3. The van der Waals surface area contributed by atoms with E-state index in [2.05, 4.69) is 12.2 Å². The Hall–Kier alpha value is -4.16. The standard InChI is InChI=1S/C35H36ClN3O3/c1-2-3-21-37-34(41)31(23-25-10-5-4-6-11-25)39(24-26-17-19-28(36)20-18-26)32(40)16-9-22-38-30-15-8-13-27-12-7-14-29(33(27)30)35(38)42/h4-8,10-15,17-20,31H,2-3,9,16,21-24H2,1H3,(H,37,41). The number of carbonyl (C=O) groups is 3. The van der Waals surface area contributed by atoms with Gasteiger partial charge < -0.3 is 15.1 Å². The Balaban J connectivity index is 1.36. The second kappa shape index (κ2) is 13.7. The Morgan fingerprint density at radius 3 is 2.36 bits per heavy atom. The average Bonchev–Trinajstić information content (AvgIpc) is 3.28. The third-order valence-electron chi connectivity index (χ3n) is 7.79. The summed E-state index contributed by atoms with van der Waals surface area (Å²) in [5.74, 6) is -0.324. The lowest BCUT2D eigenvalue weighted by Crippen LogP contribution is -2.50. The van der Waals surface area contributed by atoms with Crippen molar-refractivity contribution in [3.8, 4) is 0 Å². The Morgan fingerprint density at radius 1 is 0.881 bits per heavy atom. The normalized spacial score (nSPS) is 12.9. The SMILES string of the molecule is CCCCNC(=O)C(Cc1ccccc1)N(Cc1ccc(Cl)cc1)C(=O)CCCN1C(=O)c2cccc3cccc1c23. The van der Waals surface area contributed by atoms with E-state index in [0.29, 0.717) is 36.5 Å². The summed E-state index contributed by atoms with van der Waals surface area (Å²) in [5.41, 5.74) is 3.46. The molecule has 5 rings (SSSR count). The summed E-state index contributed by atoms with van der Waals surface area (Å²) < 4.78 is 0. The maximum absolute atomic E-state index is 14.0. The van der Waals surface area contributed by atoms with Crippen molar-refractivity contribution >= 4 is 45.8 Å². The van der Waals surface area contributed by atoms with Crippen LogP contribution in [0, 0.1) is 0 Å². The fraction of sp³-hybridized carbons (Fsp3) is 0.286. The van der Waals surface area contributed by atoms with Crippen molar-refractivity contribution in [1.82, 2.24) is 10.2 Å². The summed E-state index contributed by atoms with van der Waals surface area (Å²) in [7, 11) is 0. The van der Waals surface area contributed by atoms with Gasteiger partial charge in [0.15, 0.2) is 0 Å². The van der Waals surface area contributed by atoms with E-state index < -0.39 is 6.04 Å². The summed E-state index contributed by atoms with van der Waals surface area (Å²) in [6.07, 6.45) is 2.91. The van der Waals surface area contributed by atoms with Crippen molar-refractivity contribution in [3.63, 3.8) is 0 Å². The lowest BCUT2D eigenvalue weighted by Gasteiger charge is -2.32. The van der Waals surface area contributed by atoms with Crippen molar-refractivity contribution < 1.29 is 14.4 Å². The molecular formula is C35H36ClN3O3. The third-order valence-corrected chi connectivity index (χ3v) is 8.04. The molecule has 1 heterocycles. The molecule has 0 fully saturated rings. The van der Waals surface area contributed by atoms with Crippen LogP contribution in [0.4, 0.5) is 5.69 Å². The van der Waals surface area contributed by atoms with Crippen LogP contribution in [0.3, 0.4) is 0 Å². The van der Waals surface area contributed by atoms with Crippen molar-refractivity contribution in [1.29, 1.82) is 0 Å². The molecule has 0 spiro atoms. The maximum Gasteiger partial charge on any atom is 0.258 e. The van der Waals surface area contributed by atoms with E-state index in [1.54, 1.807) is 21.9 Å². The Labute approximate surface area is 252 Å². The topological polar surface area (TPSA) is 69.7 Å². The first-order valence-corrected chi connectivity index (χ1v) is 15.0. The van der Waals surface area contributed by atoms with E-state index >= 15 is 0 Å². The number of carbonyl (C=O) groups excluding carboxylic acids is 3. The van der Waals surface area contributed by atoms with Crippen LogP contribution in [-0.2, 0) is 22.6 Å². The summed E-state index contributed by atoms with van der Waals surface area (Å²) in [6.45, 7) is 3.34. The quantitative estimate of drug-likeness (QED) is 0.177. The number of halogens is 1. The highest BCUT2D eigenvalue weighted by molar-refractivity contribution is 6.30. The fourth-order valence-corrected chi connectivity index (χ4v) is 5.71. The summed E-state index contributed by atoms with van der Waals surface area (Å²) >= 11 is 6.13. The molecule has 6 nitrogen and oxygen atoms in total. The summed E-state index contributed by atoms with van der Waals surface area (Å²) in [5, 5.41) is 5.66. The van der Waals surface area contributed by atoms with Crippen LogP contribution in [0.1, 0.15) is 54.1 Å². The summed E-state index contributed by atoms with van der Waals surface area (Å²) in [6, 6.07) is 28.2. The number of hydrogen-bond donors (Lipinski definition) is 1. The summed E-state index contributed by atoms with van der Waals surface area (Å²) in [4.78, 5) is 44.3. The van der Waals surface area contributed by atoms with Gasteiger partial charge in [-0.15, -0.1) is 0 Å². The van der Waals surface area contributed by atoms with Gasteiger partial charge in [0, 0.05) is 48.4 Å². The minimum absolute atomic E-state index is 0.0375. The first-order chi connectivity index (χ1) is 20.5. The van der Waals surface area contributed by atoms with Crippen LogP contribution in [0.5, 0.6) is 0 Å². The Morgan fingerprint density at radius 2 is 1.62 bits per heavy atom. The van der Waals surface area contributed by atoms with Gasteiger partial charge in [-0.1, -0.05) is 91.7 Å². The van der Waals surface area contributed by atoms with Gasteiger partial charge in [0.1, 0.15) is 6.04 Å². The van der Waals surface area contributed by atoms with Gasteiger partial charge >= 0.3 is 0 Å². The zero-order chi connectivity index (χ0) is 29.5.